The number of nitrogens with zero attached hydrogens (tertiary/aromatic N) is 1. The highest BCUT2D eigenvalue weighted by Crippen LogP contribution is 2.30. The summed E-state index contributed by atoms with van der Waals surface area (Å²) in [6.45, 7) is 10.9. The lowest BCUT2D eigenvalue weighted by Gasteiger charge is -2.29. The summed E-state index contributed by atoms with van der Waals surface area (Å²) in [5.74, 6) is 0.130. The Labute approximate surface area is 172 Å². The minimum atomic E-state index is -0.772. The number of nitrogen functional groups attached to an aromatic ring is 1. The van der Waals surface area contributed by atoms with Gasteiger partial charge in [-0.25, -0.2) is 9.59 Å². The Morgan fingerprint density at radius 1 is 1.10 bits per heavy atom. The van der Waals surface area contributed by atoms with E-state index in [1.165, 1.54) is 4.90 Å². The van der Waals surface area contributed by atoms with Crippen LogP contribution < -0.4 is 15.8 Å². The number of nitrogens with two attached hydrogens (primary N) is 1. The maximum absolute atomic E-state index is 12.7. The Hall–Kier alpha value is -2.64. The molecule has 1 aromatic rings. The van der Waals surface area contributed by atoms with Gasteiger partial charge in [0.25, 0.3) is 0 Å². The standard InChI is InChI=1S/C21H33N3O5/c1-20(2,3)28-18(25)17-11-14(12-24(17)19(26)29-21(4,5)6)27-13-8-9-15(22)16(10-13)23-7/h8-10,14,17,23H,11-12,22H2,1-7H3/t14-,17+/m1/s1. The first-order valence-corrected chi connectivity index (χ1v) is 9.75. The maximum Gasteiger partial charge on any atom is 0.411 e. The van der Waals surface area contributed by atoms with Gasteiger partial charge in [-0.1, -0.05) is 0 Å². The highest BCUT2D eigenvalue weighted by Gasteiger charge is 2.44. The third-order valence-electron chi connectivity index (χ3n) is 4.17. The summed E-state index contributed by atoms with van der Waals surface area (Å²) in [5.41, 5.74) is 5.92. The van der Waals surface area contributed by atoms with Crippen molar-refractivity contribution in [2.75, 3.05) is 24.6 Å². The van der Waals surface area contributed by atoms with Crippen LogP contribution in [0.25, 0.3) is 0 Å². The predicted octanol–water partition coefficient (Wildman–Crippen LogP) is 3.41. The molecule has 0 bridgehead atoms. The highest BCUT2D eigenvalue weighted by molar-refractivity contribution is 5.82. The van der Waals surface area contributed by atoms with Crippen molar-refractivity contribution in [3.63, 3.8) is 0 Å². The number of amides is 1. The molecule has 2 atom stereocenters. The summed E-state index contributed by atoms with van der Waals surface area (Å²) < 4.78 is 17.0. The molecular weight excluding hydrogens is 374 g/mol. The van der Waals surface area contributed by atoms with Crippen LogP contribution in [0.5, 0.6) is 5.75 Å². The van der Waals surface area contributed by atoms with Gasteiger partial charge in [0.2, 0.25) is 0 Å². The number of rotatable bonds is 4. The first kappa shape index (κ1) is 22.6. The average Bonchev–Trinajstić information content (AvgIpc) is 2.98. The Balaban J connectivity index is 2.19. The molecule has 1 fully saturated rings. The number of ether oxygens (including phenoxy) is 3. The van der Waals surface area contributed by atoms with Crippen molar-refractivity contribution in [1.29, 1.82) is 0 Å². The van der Waals surface area contributed by atoms with Crippen LogP contribution in [0.1, 0.15) is 48.0 Å². The molecule has 1 heterocycles. The topological polar surface area (TPSA) is 103 Å². The lowest BCUT2D eigenvalue weighted by atomic mass is 10.1. The fourth-order valence-corrected chi connectivity index (χ4v) is 3.02. The second kappa shape index (κ2) is 8.39. The van der Waals surface area contributed by atoms with E-state index in [-0.39, 0.29) is 12.6 Å². The number of carbonyl (C=O) groups is 2. The number of nitrogens with one attached hydrogen (secondary N) is 1. The van der Waals surface area contributed by atoms with E-state index >= 15 is 0 Å². The van der Waals surface area contributed by atoms with Gasteiger partial charge in [-0.05, 0) is 53.7 Å². The molecular formula is C21H33N3O5. The van der Waals surface area contributed by atoms with Crippen molar-refractivity contribution in [2.45, 2.75) is 71.3 Å². The van der Waals surface area contributed by atoms with Crippen molar-refractivity contribution in [2.24, 2.45) is 0 Å². The molecule has 0 saturated carbocycles. The van der Waals surface area contributed by atoms with Crippen LogP contribution >= 0.6 is 0 Å². The van der Waals surface area contributed by atoms with E-state index in [2.05, 4.69) is 5.32 Å². The zero-order valence-electron chi connectivity index (χ0n) is 18.4. The van der Waals surface area contributed by atoms with Crippen molar-refractivity contribution in [1.82, 2.24) is 4.90 Å². The van der Waals surface area contributed by atoms with Crippen molar-refractivity contribution < 1.29 is 23.8 Å². The van der Waals surface area contributed by atoms with Crippen LogP contribution in [0.2, 0.25) is 0 Å². The largest absolute Gasteiger partial charge is 0.488 e. The lowest BCUT2D eigenvalue weighted by molar-refractivity contribution is -0.160. The number of carbonyl (C=O) groups excluding carboxylic acids is 2. The Morgan fingerprint density at radius 3 is 2.28 bits per heavy atom. The first-order valence-electron chi connectivity index (χ1n) is 9.75. The van der Waals surface area contributed by atoms with Gasteiger partial charge in [-0.2, -0.15) is 0 Å². The predicted molar refractivity (Wildman–Crippen MR) is 112 cm³/mol. The van der Waals surface area contributed by atoms with Gasteiger partial charge in [-0.15, -0.1) is 0 Å². The maximum atomic E-state index is 12.7. The Kier molecular flexibility index (Phi) is 6.55. The molecule has 2 rings (SSSR count). The zero-order chi connectivity index (χ0) is 22.0. The number of benzene rings is 1. The zero-order valence-corrected chi connectivity index (χ0v) is 18.4. The number of esters is 1. The van der Waals surface area contributed by atoms with Gasteiger partial charge in [-0.3, -0.25) is 4.90 Å². The van der Waals surface area contributed by atoms with Crippen molar-refractivity contribution in [3.05, 3.63) is 18.2 Å². The first-order chi connectivity index (χ1) is 13.3. The van der Waals surface area contributed by atoms with E-state index < -0.39 is 29.3 Å². The molecule has 1 aliphatic rings. The molecule has 3 N–H and O–H groups in total. The van der Waals surface area contributed by atoms with Crippen molar-refractivity contribution in [3.8, 4) is 5.75 Å². The number of hydrogen-bond acceptors (Lipinski definition) is 7. The third kappa shape index (κ3) is 6.44. The highest BCUT2D eigenvalue weighted by atomic mass is 16.6. The quantitative estimate of drug-likeness (QED) is 0.582. The second-order valence-electron chi connectivity index (χ2n) is 9.16. The van der Waals surface area contributed by atoms with Crippen LogP contribution in [-0.4, -0.2) is 53.9 Å². The molecule has 162 valence electrons. The Morgan fingerprint density at radius 2 is 1.72 bits per heavy atom. The van der Waals surface area contributed by atoms with Crippen LogP contribution in [0.15, 0.2) is 18.2 Å². The van der Waals surface area contributed by atoms with E-state index in [9.17, 15) is 9.59 Å². The molecule has 1 amide bonds. The summed E-state index contributed by atoms with van der Waals surface area (Å²) in [6.07, 6.45) is -0.631. The fourth-order valence-electron chi connectivity index (χ4n) is 3.02. The van der Waals surface area contributed by atoms with E-state index in [0.29, 0.717) is 17.9 Å². The van der Waals surface area contributed by atoms with Gasteiger partial charge in [0.15, 0.2) is 0 Å². The van der Waals surface area contributed by atoms with Crippen LogP contribution in [-0.2, 0) is 14.3 Å². The lowest BCUT2D eigenvalue weighted by Crippen LogP contribution is -2.45. The SMILES string of the molecule is CNc1cc(O[C@@H]2C[C@@H](C(=O)OC(C)(C)C)N(C(=O)OC(C)(C)C)C2)ccc1N. The molecule has 8 nitrogen and oxygen atoms in total. The van der Waals surface area contributed by atoms with Gasteiger partial charge in [0.05, 0.1) is 17.9 Å². The number of hydrogen-bond donors (Lipinski definition) is 2. The van der Waals surface area contributed by atoms with E-state index in [4.69, 9.17) is 19.9 Å². The van der Waals surface area contributed by atoms with E-state index in [1.807, 2.05) is 0 Å². The Bertz CT molecular complexity index is 716. The van der Waals surface area contributed by atoms with Gasteiger partial charge < -0.3 is 25.3 Å². The van der Waals surface area contributed by atoms with E-state index in [1.54, 1.807) is 66.8 Å². The smallest absolute Gasteiger partial charge is 0.411 e. The minimum Gasteiger partial charge on any atom is -0.488 e. The summed E-state index contributed by atoms with van der Waals surface area (Å²) in [4.78, 5) is 26.8. The second-order valence-corrected chi connectivity index (χ2v) is 9.16. The normalized spacial score (nSPS) is 19.6. The molecule has 1 saturated heterocycles. The molecule has 8 heteroatoms. The average molecular weight is 408 g/mol. The monoisotopic (exact) mass is 407 g/mol. The molecule has 0 aromatic heterocycles. The summed E-state index contributed by atoms with van der Waals surface area (Å²) in [6, 6.07) is 4.52. The summed E-state index contributed by atoms with van der Waals surface area (Å²) in [7, 11) is 1.77. The van der Waals surface area contributed by atoms with Gasteiger partial charge in [0, 0.05) is 19.5 Å². The van der Waals surface area contributed by atoms with Crippen LogP contribution in [0, 0.1) is 0 Å². The van der Waals surface area contributed by atoms with Gasteiger partial charge >= 0.3 is 12.1 Å². The minimum absolute atomic E-state index is 0.220. The van der Waals surface area contributed by atoms with Gasteiger partial charge in [0.1, 0.15) is 29.1 Å². The molecule has 0 aliphatic carbocycles. The summed E-state index contributed by atoms with van der Waals surface area (Å²) >= 11 is 0. The molecule has 1 aromatic carbocycles. The van der Waals surface area contributed by atoms with Crippen molar-refractivity contribution >= 4 is 23.4 Å². The molecule has 0 unspecified atom stereocenters. The number of likely N-dealkylation sites (tertiary alicyclic amines) is 1. The molecule has 0 spiro atoms. The molecule has 1 aliphatic heterocycles. The van der Waals surface area contributed by atoms with E-state index in [0.717, 1.165) is 5.69 Å². The third-order valence-corrected chi connectivity index (χ3v) is 4.17. The molecule has 29 heavy (non-hydrogen) atoms. The van der Waals surface area contributed by atoms with Crippen LogP contribution in [0.4, 0.5) is 16.2 Å². The fraction of sp³-hybridized carbons (Fsp3) is 0.619. The molecule has 0 radical (unpaired) electrons. The summed E-state index contributed by atoms with van der Waals surface area (Å²) in [5, 5.41) is 3.00. The van der Waals surface area contributed by atoms with Crippen LogP contribution in [0.3, 0.4) is 0 Å². The number of anilines is 2.